The second kappa shape index (κ2) is 11.7. The predicted octanol–water partition coefficient (Wildman–Crippen LogP) is 3.43. The molecule has 3 aliphatic carbocycles. The van der Waals surface area contributed by atoms with Crippen molar-refractivity contribution in [2.24, 2.45) is 28.9 Å². The van der Waals surface area contributed by atoms with Crippen LogP contribution in [0.5, 0.6) is 11.5 Å². The van der Waals surface area contributed by atoms with Crippen molar-refractivity contribution in [1.82, 2.24) is 10.6 Å². The number of alkyl halides is 1. The molecule has 1 aromatic carbocycles. The minimum Gasteiger partial charge on any atom is -0.496 e. The molecule has 4 unspecified atom stereocenters. The van der Waals surface area contributed by atoms with Gasteiger partial charge in [-0.05, 0) is 62.8 Å². The van der Waals surface area contributed by atoms with Gasteiger partial charge in [-0.3, -0.25) is 14.4 Å². The van der Waals surface area contributed by atoms with Crippen LogP contribution in [-0.2, 0) is 14.3 Å². The summed E-state index contributed by atoms with van der Waals surface area (Å²) in [5, 5.41) is 5.85. The highest BCUT2D eigenvalue weighted by Gasteiger charge is 2.52. The van der Waals surface area contributed by atoms with Crippen LogP contribution < -0.4 is 25.8 Å². The maximum atomic E-state index is 15.1. The summed E-state index contributed by atoms with van der Waals surface area (Å²) in [5.41, 5.74) is 3.55. The summed E-state index contributed by atoms with van der Waals surface area (Å²) >= 11 is 0. The first-order valence-electron chi connectivity index (χ1n) is 14.7. The van der Waals surface area contributed by atoms with Gasteiger partial charge < -0.3 is 30.6 Å². The van der Waals surface area contributed by atoms with Crippen LogP contribution in [0.3, 0.4) is 0 Å². The summed E-state index contributed by atoms with van der Waals surface area (Å²) in [5.74, 6) is -1.99. The first-order chi connectivity index (χ1) is 19.5. The molecule has 3 saturated carbocycles. The molecule has 1 heterocycles. The molecule has 3 amide bonds. The standard InChI is InChI=1S/C30H41F2N3O6/c1-29(28(33)38)7-5-19(6-8-29)41-23-14-20(22(39-2)15-21(23)31)26(36)35-25-18-4-3-17(13-18)24(25)27(37)34-16-30(32)9-11-40-12-10-30/h14-15,17-19,24-25H,3-13,16H2,1-2H3,(H2,33,38)(H,34,37)(H,35,36). The largest absolute Gasteiger partial charge is 0.496 e. The van der Waals surface area contributed by atoms with E-state index < -0.39 is 34.8 Å². The van der Waals surface area contributed by atoms with Crippen LogP contribution in [-0.4, -0.2) is 62.4 Å². The van der Waals surface area contributed by atoms with Gasteiger partial charge in [-0.2, -0.15) is 0 Å². The van der Waals surface area contributed by atoms with Crippen LogP contribution in [0.25, 0.3) is 0 Å². The summed E-state index contributed by atoms with van der Waals surface area (Å²) in [4.78, 5) is 38.6. The van der Waals surface area contributed by atoms with E-state index in [1.165, 1.54) is 13.2 Å². The number of primary amides is 1. The van der Waals surface area contributed by atoms with Gasteiger partial charge in [-0.15, -0.1) is 0 Å². The highest BCUT2D eigenvalue weighted by atomic mass is 19.1. The highest BCUT2D eigenvalue weighted by Crippen LogP contribution is 2.49. The van der Waals surface area contributed by atoms with Crippen molar-refractivity contribution in [1.29, 1.82) is 0 Å². The molecule has 0 spiro atoms. The Morgan fingerprint density at radius 1 is 1.05 bits per heavy atom. The zero-order valence-electron chi connectivity index (χ0n) is 23.8. The number of carbonyl (C=O) groups is 3. The molecular weight excluding hydrogens is 536 g/mol. The number of hydrogen-bond donors (Lipinski definition) is 3. The van der Waals surface area contributed by atoms with Crippen LogP contribution >= 0.6 is 0 Å². The number of hydrogen-bond acceptors (Lipinski definition) is 6. The molecule has 0 aromatic heterocycles. The lowest BCUT2D eigenvalue weighted by molar-refractivity contribution is -0.129. The lowest BCUT2D eigenvalue weighted by atomic mass is 9.74. The molecule has 2 bridgehead atoms. The number of rotatable bonds is 9. The Bertz CT molecular complexity index is 1170. The Kier molecular flexibility index (Phi) is 8.46. The van der Waals surface area contributed by atoms with Gasteiger partial charge in [0.25, 0.3) is 5.91 Å². The van der Waals surface area contributed by atoms with Crippen molar-refractivity contribution in [2.45, 2.75) is 82.5 Å². The molecule has 41 heavy (non-hydrogen) atoms. The monoisotopic (exact) mass is 577 g/mol. The third-order valence-electron chi connectivity index (χ3n) is 9.91. The molecule has 226 valence electrons. The third-order valence-corrected chi connectivity index (χ3v) is 9.91. The van der Waals surface area contributed by atoms with E-state index >= 15 is 4.39 Å². The van der Waals surface area contributed by atoms with Crippen molar-refractivity contribution in [3.8, 4) is 11.5 Å². The first kappa shape index (κ1) is 29.5. The van der Waals surface area contributed by atoms with E-state index in [0.717, 1.165) is 25.3 Å². The molecule has 1 aromatic rings. The summed E-state index contributed by atoms with van der Waals surface area (Å²) in [6.45, 7) is 2.41. The topological polar surface area (TPSA) is 129 Å². The minimum atomic E-state index is -1.49. The lowest BCUT2D eigenvalue weighted by Crippen LogP contribution is -2.52. The maximum absolute atomic E-state index is 15.1. The molecule has 4 atom stereocenters. The summed E-state index contributed by atoms with van der Waals surface area (Å²) in [7, 11) is 1.36. The van der Waals surface area contributed by atoms with Crippen molar-refractivity contribution in [3.05, 3.63) is 23.5 Å². The van der Waals surface area contributed by atoms with Crippen LogP contribution in [0.4, 0.5) is 8.78 Å². The number of ether oxygens (including phenoxy) is 3. The average molecular weight is 578 g/mol. The van der Waals surface area contributed by atoms with Crippen molar-refractivity contribution in [2.75, 3.05) is 26.9 Å². The predicted molar refractivity (Wildman–Crippen MR) is 146 cm³/mol. The molecule has 5 rings (SSSR count). The molecule has 1 aliphatic heterocycles. The normalized spacial score (nSPS) is 32.2. The van der Waals surface area contributed by atoms with E-state index in [9.17, 15) is 18.8 Å². The summed E-state index contributed by atoms with van der Waals surface area (Å²) in [6, 6.07) is 2.04. The van der Waals surface area contributed by atoms with E-state index in [4.69, 9.17) is 19.9 Å². The number of halogens is 2. The van der Waals surface area contributed by atoms with Crippen LogP contribution in [0.1, 0.15) is 75.1 Å². The van der Waals surface area contributed by atoms with E-state index in [0.29, 0.717) is 38.9 Å². The van der Waals surface area contributed by atoms with Gasteiger partial charge >= 0.3 is 0 Å². The fraction of sp³-hybridized carbons (Fsp3) is 0.700. The third kappa shape index (κ3) is 6.15. The number of benzene rings is 1. The zero-order chi connectivity index (χ0) is 29.4. The van der Waals surface area contributed by atoms with Crippen molar-refractivity contribution >= 4 is 17.7 Å². The highest BCUT2D eigenvalue weighted by molar-refractivity contribution is 5.98. The molecular formula is C30H41F2N3O6. The van der Waals surface area contributed by atoms with Gasteiger partial charge in [0, 0.05) is 43.6 Å². The van der Waals surface area contributed by atoms with E-state index in [1.807, 2.05) is 6.92 Å². The summed E-state index contributed by atoms with van der Waals surface area (Å²) < 4.78 is 46.6. The Hall–Kier alpha value is -2.95. The van der Waals surface area contributed by atoms with Gasteiger partial charge in [0.1, 0.15) is 11.4 Å². The van der Waals surface area contributed by atoms with Crippen LogP contribution in [0.15, 0.2) is 12.1 Å². The Morgan fingerprint density at radius 2 is 1.73 bits per heavy atom. The molecule has 1 saturated heterocycles. The average Bonchev–Trinajstić information content (AvgIpc) is 3.56. The van der Waals surface area contributed by atoms with Gasteiger partial charge in [-0.25, -0.2) is 8.78 Å². The Morgan fingerprint density at radius 3 is 2.39 bits per heavy atom. The number of fused-ring (bicyclic) bond motifs is 2. The SMILES string of the molecule is COc1cc(F)c(OC2CCC(C)(C(N)=O)CC2)cc1C(=O)NC1C2CCC(C2)C1C(=O)NCC1(F)CCOCC1. The molecule has 4 N–H and O–H groups in total. The van der Waals surface area contributed by atoms with Crippen molar-refractivity contribution in [3.63, 3.8) is 0 Å². The number of amides is 3. The quantitative estimate of drug-likeness (QED) is 0.413. The zero-order valence-corrected chi connectivity index (χ0v) is 23.8. The van der Waals surface area contributed by atoms with Crippen LogP contribution in [0, 0.1) is 29.0 Å². The number of nitrogens with two attached hydrogens (primary N) is 1. The molecule has 9 nitrogen and oxygen atoms in total. The molecule has 4 aliphatic rings. The minimum absolute atomic E-state index is 0.0559. The number of carbonyl (C=O) groups excluding carboxylic acids is 3. The Labute approximate surface area is 239 Å². The van der Waals surface area contributed by atoms with E-state index in [2.05, 4.69) is 10.6 Å². The lowest BCUT2D eigenvalue weighted by Gasteiger charge is -2.35. The fourth-order valence-electron chi connectivity index (χ4n) is 7.13. The second-order valence-corrected chi connectivity index (χ2v) is 12.6. The summed E-state index contributed by atoms with van der Waals surface area (Å²) in [6.07, 6.45) is 4.87. The molecule has 11 heteroatoms. The molecule has 0 radical (unpaired) electrons. The molecule has 4 fully saturated rings. The van der Waals surface area contributed by atoms with Gasteiger partial charge in [-0.1, -0.05) is 6.92 Å². The van der Waals surface area contributed by atoms with Gasteiger partial charge in [0.15, 0.2) is 11.6 Å². The second-order valence-electron chi connectivity index (χ2n) is 12.6. The maximum Gasteiger partial charge on any atom is 0.255 e. The van der Waals surface area contributed by atoms with Gasteiger partial charge in [0.05, 0.1) is 31.2 Å². The fourth-order valence-corrected chi connectivity index (χ4v) is 7.13. The van der Waals surface area contributed by atoms with E-state index in [1.54, 1.807) is 0 Å². The van der Waals surface area contributed by atoms with Crippen LogP contribution in [0.2, 0.25) is 0 Å². The van der Waals surface area contributed by atoms with E-state index in [-0.39, 0.29) is 66.2 Å². The first-order valence-corrected chi connectivity index (χ1v) is 14.7. The Balaban J connectivity index is 1.27. The number of methoxy groups -OCH3 is 1. The smallest absolute Gasteiger partial charge is 0.255 e. The van der Waals surface area contributed by atoms with Gasteiger partial charge in [0.2, 0.25) is 11.8 Å². The van der Waals surface area contributed by atoms with Crippen molar-refractivity contribution < 1.29 is 37.4 Å². The number of nitrogens with one attached hydrogen (secondary N) is 2.